The maximum absolute atomic E-state index is 7.29. The highest BCUT2D eigenvalue weighted by molar-refractivity contribution is 5.77. The zero-order chi connectivity index (χ0) is 13.0. The first kappa shape index (κ1) is 12.8. The molecule has 1 heterocycles. The fraction of sp³-hybridized carbons (Fsp3) is 0.615. The fourth-order valence-corrected chi connectivity index (χ4v) is 2.40. The largest absolute Gasteiger partial charge is 0.388 e. The number of nitrogens with two attached hydrogens (primary N) is 1. The number of aryl methyl sites for hydroxylation is 1. The van der Waals surface area contributed by atoms with Gasteiger partial charge in [0.05, 0.1) is 5.84 Å². The second kappa shape index (κ2) is 5.80. The topological polar surface area (TPSA) is 78.9 Å². The normalized spacial score (nSPS) is 14.7. The number of nitrogens with zero attached hydrogens (tertiary/aromatic N) is 3. The number of rotatable bonds is 4. The third-order valence-electron chi connectivity index (χ3n) is 3.43. The zero-order valence-corrected chi connectivity index (χ0v) is 10.9. The molecule has 3 N–H and O–H groups in total. The van der Waals surface area contributed by atoms with Crippen molar-refractivity contribution in [2.24, 2.45) is 5.73 Å². The van der Waals surface area contributed by atoms with Gasteiger partial charge in [0, 0.05) is 31.3 Å². The van der Waals surface area contributed by atoms with E-state index in [-0.39, 0.29) is 5.84 Å². The summed E-state index contributed by atoms with van der Waals surface area (Å²) in [6, 6.07) is 0. The highest BCUT2D eigenvalue weighted by Crippen LogP contribution is 2.25. The van der Waals surface area contributed by atoms with Crippen LogP contribution in [0.15, 0.2) is 6.33 Å². The zero-order valence-electron chi connectivity index (χ0n) is 10.9. The molecule has 0 spiro atoms. The SMILES string of the molecule is CN(CCC(=N)N)c1ncnc2c1CCCCC2. The Bertz CT molecular complexity index is 429. The predicted molar refractivity (Wildman–Crippen MR) is 73.1 cm³/mol. The summed E-state index contributed by atoms with van der Waals surface area (Å²) < 4.78 is 0. The van der Waals surface area contributed by atoms with Gasteiger partial charge in [0.25, 0.3) is 0 Å². The second-order valence-electron chi connectivity index (χ2n) is 4.88. The Hall–Kier alpha value is -1.65. The number of hydrogen-bond acceptors (Lipinski definition) is 4. The van der Waals surface area contributed by atoms with Crippen molar-refractivity contribution in [1.29, 1.82) is 5.41 Å². The molecular formula is C13H21N5. The molecule has 0 aromatic carbocycles. The van der Waals surface area contributed by atoms with Gasteiger partial charge in [-0.15, -0.1) is 0 Å². The maximum atomic E-state index is 7.29. The first-order valence-corrected chi connectivity index (χ1v) is 6.55. The molecule has 0 radical (unpaired) electrons. The Labute approximate surface area is 108 Å². The van der Waals surface area contributed by atoms with E-state index in [0.29, 0.717) is 6.42 Å². The first-order valence-electron chi connectivity index (χ1n) is 6.55. The summed E-state index contributed by atoms with van der Waals surface area (Å²) >= 11 is 0. The Morgan fingerprint density at radius 3 is 2.89 bits per heavy atom. The van der Waals surface area contributed by atoms with Gasteiger partial charge in [0.1, 0.15) is 12.1 Å². The highest BCUT2D eigenvalue weighted by Gasteiger charge is 2.16. The Balaban J connectivity index is 2.19. The van der Waals surface area contributed by atoms with Crippen molar-refractivity contribution in [3.05, 3.63) is 17.6 Å². The third-order valence-corrected chi connectivity index (χ3v) is 3.43. The van der Waals surface area contributed by atoms with Crippen LogP contribution < -0.4 is 10.6 Å². The molecule has 1 aromatic rings. The Morgan fingerprint density at radius 1 is 1.33 bits per heavy atom. The summed E-state index contributed by atoms with van der Waals surface area (Å²) in [5, 5.41) is 7.29. The van der Waals surface area contributed by atoms with Gasteiger partial charge in [-0.25, -0.2) is 9.97 Å². The molecule has 1 aliphatic rings. The van der Waals surface area contributed by atoms with Crippen molar-refractivity contribution < 1.29 is 0 Å². The molecular weight excluding hydrogens is 226 g/mol. The van der Waals surface area contributed by atoms with Gasteiger partial charge in [-0.1, -0.05) is 6.42 Å². The maximum Gasteiger partial charge on any atom is 0.135 e. The Kier molecular flexibility index (Phi) is 4.12. The molecule has 0 aliphatic heterocycles. The average molecular weight is 247 g/mol. The molecule has 2 rings (SSSR count). The van der Waals surface area contributed by atoms with Crippen molar-refractivity contribution >= 4 is 11.7 Å². The molecule has 1 aliphatic carbocycles. The molecule has 0 amide bonds. The summed E-state index contributed by atoms with van der Waals surface area (Å²) in [6.07, 6.45) is 8.07. The van der Waals surface area contributed by atoms with Crippen LogP contribution in [0.25, 0.3) is 0 Å². The van der Waals surface area contributed by atoms with Gasteiger partial charge in [0.2, 0.25) is 0 Å². The van der Waals surface area contributed by atoms with E-state index in [1.165, 1.54) is 30.5 Å². The van der Waals surface area contributed by atoms with Gasteiger partial charge < -0.3 is 10.6 Å². The van der Waals surface area contributed by atoms with E-state index in [9.17, 15) is 0 Å². The van der Waals surface area contributed by atoms with Crippen LogP contribution in [0.2, 0.25) is 0 Å². The smallest absolute Gasteiger partial charge is 0.135 e. The summed E-state index contributed by atoms with van der Waals surface area (Å²) in [7, 11) is 2.01. The lowest BCUT2D eigenvalue weighted by Crippen LogP contribution is -2.26. The molecule has 0 saturated carbocycles. The minimum absolute atomic E-state index is 0.224. The van der Waals surface area contributed by atoms with Crippen LogP contribution in [0, 0.1) is 5.41 Å². The van der Waals surface area contributed by atoms with E-state index in [1.807, 2.05) is 7.05 Å². The Morgan fingerprint density at radius 2 is 2.11 bits per heavy atom. The van der Waals surface area contributed by atoms with Gasteiger partial charge in [-0.3, -0.25) is 5.41 Å². The van der Waals surface area contributed by atoms with Crippen molar-refractivity contribution in [2.75, 3.05) is 18.5 Å². The first-order chi connectivity index (χ1) is 8.68. The van der Waals surface area contributed by atoms with Crippen molar-refractivity contribution in [3.63, 3.8) is 0 Å². The van der Waals surface area contributed by atoms with Crippen LogP contribution in [-0.4, -0.2) is 29.4 Å². The van der Waals surface area contributed by atoms with Crippen LogP contribution in [0.1, 0.15) is 36.9 Å². The van der Waals surface area contributed by atoms with Crippen LogP contribution >= 0.6 is 0 Å². The molecule has 98 valence electrons. The van der Waals surface area contributed by atoms with Gasteiger partial charge in [-0.05, 0) is 25.7 Å². The van der Waals surface area contributed by atoms with E-state index in [4.69, 9.17) is 11.1 Å². The molecule has 5 heteroatoms. The third kappa shape index (κ3) is 2.97. The standard InChI is InChI=1S/C13H21N5/c1-18(8-7-12(14)15)13-10-5-3-2-4-6-11(10)16-9-17-13/h9H,2-8H2,1H3,(H3,14,15). The van der Waals surface area contributed by atoms with E-state index in [0.717, 1.165) is 25.2 Å². The average Bonchev–Trinajstić information content (AvgIpc) is 2.60. The predicted octanol–water partition coefficient (Wildman–Crippen LogP) is 1.51. The molecule has 0 bridgehead atoms. The molecule has 0 unspecified atom stereocenters. The second-order valence-corrected chi connectivity index (χ2v) is 4.88. The minimum atomic E-state index is 0.224. The van der Waals surface area contributed by atoms with E-state index in [2.05, 4.69) is 14.9 Å². The summed E-state index contributed by atoms with van der Waals surface area (Å²) in [5.74, 6) is 1.24. The van der Waals surface area contributed by atoms with E-state index in [1.54, 1.807) is 6.33 Å². The van der Waals surface area contributed by atoms with Gasteiger partial charge in [-0.2, -0.15) is 0 Å². The number of anilines is 1. The van der Waals surface area contributed by atoms with Crippen molar-refractivity contribution in [2.45, 2.75) is 38.5 Å². The van der Waals surface area contributed by atoms with Crippen LogP contribution in [0.5, 0.6) is 0 Å². The van der Waals surface area contributed by atoms with Crippen LogP contribution in [-0.2, 0) is 12.8 Å². The van der Waals surface area contributed by atoms with Crippen molar-refractivity contribution in [1.82, 2.24) is 9.97 Å². The van der Waals surface area contributed by atoms with Crippen LogP contribution in [0.3, 0.4) is 0 Å². The molecule has 0 fully saturated rings. The summed E-state index contributed by atoms with van der Waals surface area (Å²) in [5.41, 5.74) is 7.90. The lowest BCUT2D eigenvalue weighted by Gasteiger charge is -2.21. The molecule has 1 aromatic heterocycles. The van der Waals surface area contributed by atoms with Gasteiger partial charge >= 0.3 is 0 Å². The summed E-state index contributed by atoms with van der Waals surface area (Å²) in [4.78, 5) is 10.9. The number of nitrogens with one attached hydrogen (secondary N) is 1. The number of fused-ring (bicyclic) bond motifs is 1. The molecule has 5 nitrogen and oxygen atoms in total. The van der Waals surface area contributed by atoms with Crippen molar-refractivity contribution in [3.8, 4) is 0 Å². The quantitative estimate of drug-likeness (QED) is 0.480. The fourth-order valence-electron chi connectivity index (χ4n) is 2.40. The molecule has 0 saturated heterocycles. The monoisotopic (exact) mass is 247 g/mol. The lowest BCUT2D eigenvalue weighted by molar-refractivity contribution is 0.708. The van der Waals surface area contributed by atoms with E-state index >= 15 is 0 Å². The van der Waals surface area contributed by atoms with Crippen LogP contribution in [0.4, 0.5) is 5.82 Å². The number of hydrogen-bond donors (Lipinski definition) is 2. The lowest BCUT2D eigenvalue weighted by atomic mass is 10.1. The molecule has 0 atom stereocenters. The van der Waals surface area contributed by atoms with Gasteiger partial charge in [0.15, 0.2) is 0 Å². The minimum Gasteiger partial charge on any atom is -0.388 e. The number of aromatic nitrogens is 2. The highest BCUT2D eigenvalue weighted by atomic mass is 15.2. The number of amidine groups is 1. The van der Waals surface area contributed by atoms with E-state index < -0.39 is 0 Å². The molecule has 18 heavy (non-hydrogen) atoms. The summed E-state index contributed by atoms with van der Waals surface area (Å²) in [6.45, 7) is 0.735.